The second-order valence-electron chi connectivity index (χ2n) is 2.19. The number of hydrogen-bond donors (Lipinski definition) is 2. The van der Waals surface area contributed by atoms with Gasteiger partial charge in [0.15, 0.2) is 0 Å². The third-order valence-electron chi connectivity index (χ3n) is 1.20. The molecule has 0 aliphatic carbocycles. The third-order valence-corrected chi connectivity index (χ3v) is 1.41. The SMILES string of the molecule is NCCOc1ncc(Cl)cc1N. The molecule has 0 unspecified atom stereocenters. The van der Waals surface area contributed by atoms with E-state index in [1.165, 1.54) is 6.20 Å². The fourth-order valence-electron chi connectivity index (χ4n) is 0.719. The summed E-state index contributed by atoms with van der Waals surface area (Å²) in [6.07, 6.45) is 1.48. The summed E-state index contributed by atoms with van der Waals surface area (Å²) in [5.41, 5.74) is 11.2. The highest BCUT2D eigenvalue weighted by Gasteiger charge is 2.01. The smallest absolute Gasteiger partial charge is 0.237 e. The number of nitrogen functional groups attached to an aromatic ring is 1. The van der Waals surface area contributed by atoms with Crippen molar-refractivity contribution in [3.63, 3.8) is 0 Å². The standard InChI is InChI=1S/C7H10ClN3O/c8-5-3-6(10)7(11-4-5)12-2-1-9/h3-4H,1-2,9-10H2. The topological polar surface area (TPSA) is 74.2 Å². The number of nitrogens with two attached hydrogens (primary N) is 2. The Bertz CT molecular complexity index is 267. The molecule has 4 nitrogen and oxygen atoms in total. The molecule has 5 heteroatoms. The van der Waals surface area contributed by atoms with Crippen LogP contribution in [0.3, 0.4) is 0 Å². The van der Waals surface area contributed by atoms with E-state index in [0.29, 0.717) is 29.7 Å². The summed E-state index contributed by atoms with van der Waals surface area (Å²) in [5.74, 6) is 0.379. The fourth-order valence-corrected chi connectivity index (χ4v) is 0.885. The quantitative estimate of drug-likeness (QED) is 0.729. The second-order valence-corrected chi connectivity index (χ2v) is 2.62. The minimum Gasteiger partial charge on any atom is -0.475 e. The minimum absolute atomic E-state index is 0.379. The van der Waals surface area contributed by atoms with Gasteiger partial charge in [0.2, 0.25) is 5.88 Å². The van der Waals surface area contributed by atoms with Crippen LogP contribution < -0.4 is 16.2 Å². The zero-order chi connectivity index (χ0) is 8.97. The number of pyridine rings is 1. The number of nitrogens with zero attached hydrogens (tertiary/aromatic N) is 1. The first-order valence-corrected chi connectivity index (χ1v) is 3.85. The third kappa shape index (κ3) is 2.25. The first kappa shape index (κ1) is 9.09. The van der Waals surface area contributed by atoms with Crippen LogP contribution in [0.4, 0.5) is 5.69 Å². The summed E-state index contributed by atoms with van der Waals surface area (Å²) < 4.78 is 5.12. The maximum atomic E-state index is 5.63. The Labute approximate surface area is 75.5 Å². The number of hydrogen-bond acceptors (Lipinski definition) is 4. The molecule has 0 saturated carbocycles. The van der Waals surface area contributed by atoms with E-state index in [0.717, 1.165) is 0 Å². The molecule has 0 atom stereocenters. The van der Waals surface area contributed by atoms with E-state index in [4.69, 9.17) is 27.8 Å². The lowest BCUT2D eigenvalue weighted by atomic mass is 10.4. The molecule has 1 rings (SSSR count). The maximum absolute atomic E-state index is 5.63. The summed E-state index contributed by atoms with van der Waals surface area (Å²) in [7, 11) is 0. The van der Waals surface area contributed by atoms with Crippen molar-refractivity contribution in [2.75, 3.05) is 18.9 Å². The van der Waals surface area contributed by atoms with Gasteiger partial charge in [-0.2, -0.15) is 0 Å². The maximum Gasteiger partial charge on any atom is 0.237 e. The van der Waals surface area contributed by atoms with Gasteiger partial charge < -0.3 is 16.2 Å². The van der Waals surface area contributed by atoms with Gasteiger partial charge in [-0.15, -0.1) is 0 Å². The van der Waals surface area contributed by atoms with Crippen LogP contribution in [0.1, 0.15) is 0 Å². The van der Waals surface area contributed by atoms with Gasteiger partial charge >= 0.3 is 0 Å². The zero-order valence-electron chi connectivity index (χ0n) is 6.46. The van der Waals surface area contributed by atoms with Crippen LogP contribution in [-0.4, -0.2) is 18.1 Å². The average Bonchev–Trinajstić information content (AvgIpc) is 2.03. The predicted octanol–water partition coefficient (Wildman–Crippen LogP) is 0.655. The van der Waals surface area contributed by atoms with Crippen molar-refractivity contribution in [3.8, 4) is 5.88 Å². The van der Waals surface area contributed by atoms with Gasteiger partial charge in [0.25, 0.3) is 0 Å². The van der Waals surface area contributed by atoms with Crippen LogP contribution in [0.15, 0.2) is 12.3 Å². The Kier molecular flexibility index (Phi) is 3.13. The lowest BCUT2D eigenvalue weighted by molar-refractivity contribution is 0.317. The van der Waals surface area contributed by atoms with Gasteiger partial charge in [0, 0.05) is 12.7 Å². The highest BCUT2D eigenvalue weighted by molar-refractivity contribution is 6.30. The first-order valence-electron chi connectivity index (χ1n) is 3.48. The van der Waals surface area contributed by atoms with Crippen molar-refractivity contribution in [1.82, 2.24) is 4.98 Å². The molecule has 0 amide bonds. The van der Waals surface area contributed by atoms with Gasteiger partial charge in [-0.05, 0) is 6.07 Å². The molecule has 12 heavy (non-hydrogen) atoms. The van der Waals surface area contributed by atoms with Crippen LogP contribution in [0.2, 0.25) is 5.02 Å². The summed E-state index contributed by atoms with van der Waals surface area (Å²) >= 11 is 5.63. The van der Waals surface area contributed by atoms with E-state index in [-0.39, 0.29) is 0 Å². The highest BCUT2D eigenvalue weighted by atomic mass is 35.5. The van der Waals surface area contributed by atoms with Gasteiger partial charge in [-0.3, -0.25) is 0 Å². The van der Waals surface area contributed by atoms with Gasteiger partial charge in [0.05, 0.1) is 10.7 Å². The molecule has 4 N–H and O–H groups in total. The van der Waals surface area contributed by atoms with Crippen molar-refractivity contribution in [3.05, 3.63) is 17.3 Å². The summed E-state index contributed by atoms with van der Waals surface area (Å²) in [6, 6.07) is 1.58. The Morgan fingerprint density at radius 2 is 2.33 bits per heavy atom. The monoisotopic (exact) mass is 187 g/mol. The number of halogens is 1. The van der Waals surface area contributed by atoms with Crippen molar-refractivity contribution < 1.29 is 4.74 Å². The lowest BCUT2D eigenvalue weighted by Crippen LogP contribution is -2.12. The van der Waals surface area contributed by atoms with Gasteiger partial charge in [-0.25, -0.2) is 4.98 Å². The van der Waals surface area contributed by atoms with Gasteiger partial charge in [0.1, 0.15) is 6.61 Å². The number of anilines is 1. The van der Waals surface area contributed by atoms with Gasteiger partial charge in [-0.1, -0.05) is 11.6 Å². The molecule has 0 radical (unpaired) electrons. The van der Waals surface area contributed by atoms with Crippen LogP contribution in [-0.2, 0) is 0 Å². The van der Waals surface area contributed by atoms with Crippen LogP contribution in [0.5, 0.6) is 5.88 Å². The van der Waals surface area contributed by atoms with Crippen LogP contribution >= 0.6 is 11.6 Å². The number of aromatic nitrogens is 1. The molecule has 0 spiro atoms. The van der Waals surface area contributed by atoms with E-state index in [2.05, 4.69) is 4.98 Å². The molecule has 1 aromatic rings. The Morgan fingerprint density at radius 3 is 2.92 bits per heavy atom. The summed E-state index contributed by atoms with van der Waals surface area (Å²) in [5, 5.41) is 0.493. The van der Waals surface area contributed by atoms with Crippen molar-refractivity contribution in [2.24, 2.45) is 5.73 Å². The number of ether oxygens (including phenoxy) is 1. The van der Waals surface area contributed by atoms with E-state index < -0.39 is 0 Å². The Morgan fingerprint density at radius 1 is 1.58 bits per heavy atom. The Balaban J connectivity index is 2.72. The van der Waals surface area contributed by atoms with E-state index >= 15 is 0 Å². The molecule has 0 aromatic carbocycles. The Hall–Kier alpha value is -1.00. The van der Waals surface area contributed by atoms with Crippen molar-refractivity contribution in [2.45, 2.75) is 0 Å². The fraction of sp³-hybridized carbons (Fsp3) is 0.286. The van der Waals surface area contributed by atoms with Crippen molar-refractivity contribution >= 4 is 17.3 Å². The predicted molar refractivity (Wildman–Crippen MR) is 48.2 cm³/mol. The zero-order valence-corrected chi connectivity index (χ0v) is 7.21. The molecule has 0 saturated heterocycles. The molecular formula is C7H10ClN3O. The van der Waals surface area contributed by atoms with Crippen LogP contribution in [0, 0.1) is 0 Å². The molecule has 1 heterocycles. The van der Waals surface area contributed by atoms with Crippen LogP contribution in [0.25, 0.3) is 0 Å². The molecule has 66 valence electrons. The second kappa shape index (κ2) is 4.13. The summed E-state index contributed by atoms with van der Waals surface area (Å²) in [4.78, 5) is 3.88. The van der Waals surface area contributed by atoms with E-state index in [1.54, 1.807) is 6.07 Å². The minimum atomic E-state index is 0.379. The average molecular weight is 188 g/mol. The first-order chi connectivity index (χ1) is 5.74. The van der Waals surface area contributed by atoms with E-state index in [1.807, 2.05) is 0 Å². The number of rotatable bonds is 3. The molecular weight excluding hydrogens is 178 g/mol. The molecule has 0 aliphatic rings. The van der Waals surface area contributed by atoms with E-state index in [9.17, 15) is 0 Å². The molecule has 0 aliphatic heterocycles. The normalized spacial score (nSPS) is 9.83. The molecule has 0 bridgehead atoms. The molecule has 1 aromatic heterocycles. The lowest BCUT2D eigenvalue weighted by Gasteiger charge is -2.05. The van der Waals surface area contributed by atoms with Crippen molar-refractivity contribution in [1.29, 1.82) is 0 Å². The molecule has 0 fully saturated rings. The highest BCUT2D eigenvalue weighted by Crippen LogP contribution is 2.20. The summed E-state index contributed by atoms with van der Waals surface area (Å²) in [6.45, 7) is 0.836. The largest absolute Gasteiger partial charge is 0.475 e.